The summed E-state index contributed by atoms with van der Waals surface area (Å²) in [7, 11) is -1.43. The van der Waals surface area contributed by atoms with E-state index in [1.165, 1.54) is 5.57 Å². The Morgan fingerprint density at radius 3 is 2.75 bits per heavy atom. The van der Waals surface area contributed by atoms with Crippen molar-refractivity contribution < 1.29 is 9.26 Å². The molecule has 70 valence electrons. The van der Waals surface area contributed by atoms with Gasteiger partial charge in [-0.25, -0.2) is 0 Å². The maximum atomic E-state index is 5.45. The molecule has 1 fully saturated rings. The van der Waals surface area contributed by atoms with E-state index in [0.717, 1.165) is 19.6 Å². The molecule has 0 saturated carbocycles. The van der Waals surface area contributed by atoms with Crippen molar-refractivity contribution in [3.05, 3.63) is 11.8 Å². The van der Waals surface area contributed by atoms with E-state index in [4.69, 9.17) is 9.26 Å². The Balaban J connectivity index is 2.20. The molecule has 1 heterocycles. The van der Waals surface area contributed by atoms with Crippen molar-refractivity contribution in [2.45, 2.75) is 26.1 Å². The molecule has 12 heavy (non-hydrogen) atoms. The first-order valence-corrected chi connectivity index (χ1v) is 7.68. The highest BCUT2D eigenvalue weighted by molar-refractivity contribution is 6.69. The van der Waals surface area contributed by atoms with Gasteiger partial charge in [0.1, 0.15) is 0 Å². The summed E-state index contributed by atoms with van der Waals surface area (Å²) in [6.07, 6.45) is 2.95. The third-order valence-corrected chi connectivity index (χ3v) is 2.21. The van der Waals surface area contributed by atoms with Crippen molar-refractivity contribution >= 4 is 8.32 Å². The van der Waals surface area contributed by atoms with Crippen molar-refractivity contribution in [1.82, 2.24) is 5.48 Å². The van der Waals surface area contributed by atoms with Crippen LogP contribution in [-0.2, 0) is 9.26 Å². The summed E-state index contributed by atoms with van der Waals surface area (Å²) in [5.41, 5.74) is 4.17. The van der Waals surface area contributed by atoms with E-state index in [-0.39, 0.29) is 0 Å². The average molecular weight is 187 g/mol. The van der Waals surface area contributed by atoms with Crippen LogP contribution < -0.4 is 5.48 Å². The van der Waals surface area contributed by atoms with Crippen LogP contribution in [0.15, 0.2) is 11.8 Å². The molecule has 0 amide bonds. The summed E-state index contributed by atoms with van der Waals surface area (Å²) in [5.74, 6) is 0. The maximum Gasteiger partial charge on any atom is 0.220 e. The summed E-state index contributed by atoms with van der Waals surface area (Å²) in [6, 6.07) is 0. The van der Waals surface area contributed by atoms with Gasteiger partial charge in [-0.05, 0) is 31.6 Å². The Hall–Kier alpha value is -0.323. The molecule has 3 nitrogen and oxygen atoms in total. The van der Waals surface area contributed by atoms with E-state index in [1.54, 1.807) is 0 Å². The number of hydrogen-bond donors (Lipinski definition) is 1. The Morgan fingerprint density at radius 1 is 1.50 bits per heavy atom. The molecule has 1 rings (SSSR count). The highest BCUT2D eigenvalue weighted by atomic mass is 28.4. The molecule has 0 bridgehead atoms. The summed E-state index contributed by atoms with van der Waals surface area (Å²) in [5, 5.41) is 0. The van der Waals surface area contributed by atoms with Crippen LogP contribution in [0.4, 0.5) is 0 Å². The first-order valence-electron chi connectivity index (χ1n) is 4.27. The zero-order chi connectivity index (χ0) is 9.03. The molecule has 0 aromatic heterocycles. The second kappa shape index (κ2) is 4.07. The molecular weight excluding hydrogens is 170 g/mol. The van der Waals surface area contributed by atoms with Crippen LogP contribution in [0.1, 0.15) is 6.42 Å². The van der Waals surface area contributed by atoms with Gasteiger partial charge in [0.2, 0.25) is 8.32 Å². The maximum absolute atomic E-state index is 5.45. The largest absolute Gasteiger partial charge is 0.377 e. The SMILES string of the molecule is C[Si](C)(C)ONC=C1CCOC1. The van der Waals surface area contributed by atoms with Crippen molar-refractivity contribution in [2.24, 2.45) is 0 Å². The Kier molecular flexibility index (Phi) is 3.31. The van der Waals surface area contributed by atoms with Gasteiger partial charge >= 0.3 is 0 Å². The van der Waals surface area contributed by atoms with Gasteiger partial charge in [0.05, 0.1) is 13.2 Å². The molecule has 0 atom stereocenters. The lowest BCUT2D eigenvalue weighted by molar-refractivity contribution is 0.203. The van der Waals surface area contributed by atoms with Crippen LogP contribution in [0.25, 0.3) is 0 Å². The minimum Gasteiger partial charge on any atom is -0.377 e. The minimum atomic E-state index is -1.43. The summed E-state index contributed by atoms with van der Waals surface area (Å²) in [6.45, 7) is 8.03. The van der Waals surface area contributed by atoms with Crippen molar-refractivity contribution in [3.8, 4) is 0 Å². The molecule has 1 N–H and O–H groups in total. The topological polar surface area (TPSA) is 30.5 Å². The van der Waals surface area contributed by atoms with Crippen LogP contribution in [0.3, 0.4) is 0 Å². The smallest absolute Gasteiger partial charge is 0.220 e. The lowest BCUT2D eigenvalue weighted by atomic mass is 10.3. The molecule has 0 unspecified atom stereocenters. The number of ether oxygens (including phenoxy) is 1. The van der Waals surface area contributed by atoms with Crippen LogP contribution in [0.5, 0.6) is 0 Å². The van der Waals surface area contributed by atoms with Crippen LogP contribution >= 0.6 is 0 Å². The van der Waals surface area contributed by atoms with Gasteiger partial charge < -0.3 is 9.26 Å². The average Bonchev–Trinajstić information content (AvgIpc) is 2.36. The molecule has 4 heteroatoms. The van der Waals surface area contributed by atoms with Gasteiger partial charge in [0, 0.05) is 6.20 Å². The van der Waals surface area contributed by atoms with Crippen molar-refractivity contribution in [1.29, 1.82) is 0 Å². The van der Waals surface area contributed by atoms with Gasteiger partial charge in [0.25, 0.3) is 0 Å². The highest BCUT2D eigenvalue weighted by Gasteiger charge is 2.14. The Morgan fingerprint density at radius 2 is 2.25 bits per heavy atom. The molecule has 0 aromatic rings. The quantitative estimate of drug-likeness (QED) is 0.538. The normalized spacial score (nSPS) is 21.8. The lowest BCUT2D eigenvalue weighted by Crippen LogP contribution is -2.31. The zero-order valence-corrected chi connectivity index (χ0v) is 9.02. The van der Waals surface area contributed by atoms with Crippen LogP contribution in [-0.4, -0.2) is 21.5 Å². The second-order valence-electron chi connectivity index (χ2n) is 3.94. The first-order chi connectivity index (χ1) is 5.58. The van der Waals surface area contributed by atoms with E-state index >= 15 is 0 Å². The molecule has 1 aliphatic heterocycles. The van der Waals surface area contributed by atoms with E-state index in [2.05, 4.69) is 25.1 Å². The number of nitrogens with one attached hydrogen (secondary N) is 1. The van der Waals surface area contributed by atoms with Crippen LogP contribution in [0, 0.1) is 0 Å². The fourth-order valence-corrected chi connectivity index (χ4v) is 1.29. The third-order valence-electron chi connectivity index (χ3n) is 1.48. The molecule has 0 aromatic carbocycles. The summed E-state index contributed by atoms with van der Waals surface area (Å²) in [4.78, 5) is 0. The fraction of sp³-hybridized carbons (Fsp3) is 0.750. The molecule has 1 saturated heterocycles. The predicted molar refractivity (Wildman–Crippen MR) is 51.1 cm³/mol. The van der Waals surface area contributed by atoms with Gasteiger partial charge in [-0.1, -0.05) is 0 Å². The van der Waals surface area contributed by atoms with Gasteiger partial charge in [0.15, 0.2) is 0 Å². The van der Waals surface area contributed by atoms with Gasteiger partial charge in [-0.2, -0.15) is 0 Å². The standard InChI is InChI=1S/C8H17NO2Si/c1-12(2,3)11-9-6-8-4-5-10-7-8/h6,9H,4-5,7H2,1-3H3. The first kappa shape index (κ1) is 9.76. The summed E-state index contributed by atoms with van der Waals surface area (Å²) < 4.78 is 10.6. The Labute approximate surface area is 74.8 Å². The van der Waals surface area contributed by atoms with E-state index < -0.39 is 8.32 Å². The predicted octanol–water partition coefficient (Wildman–Crippen LogP) is 1.65. The zero-order valence-electron chi connectivity index (χ0n) is 8.02. The van der Waals surface area contributed by atoms with Crippen molar-refractivity contribution in [2.75, 3.05) is 13.2 Å². The summed E-state index contributed by atoms with van der Waals surface area (Å²) >= 11 is 0. The van der Waals surface area contributed by atoms with E-state index in [0.29, 0.717) is 0 Å². The molecular formula is C8H17NO2Si. The van der Waals surface area contributed by atoms with Gasteiger partial charge in [-0.15, -0.1) is 0 Å². The highest BCUT2D eigenvalue weighted by Crippen LogP contribution is 2.09. The Bertz CT molecular complexity index is 166. The minimum absolute atomic E-state index is 0.752. The molecule has 0 radical (unpaired) electrons. The molecule has 0 spiro atoms. The number of hydrogen-bond acceptors (Lipinski definition) is 3. The third kappa shape index (κ3) is 3.89. The second-order valence-corrected chi connectivity index (χ2v) is 8.37. The fourth-order valence-electron chi connectivity index (χ4n) is 0.882. The monoisotopic (exact) mass is 187 g/mol. The van der Waals surface area contributed by atoms with Crippen LogP contribution in [0.2, 0.25) is 19.6 Å². The van der Waals surface area contributed by atoms with Gasteiger partial charge in [-0.3, -0.25) is 5.48 Å². The van der Waals surface area contributed by atoms with E-state index in [9.17, 15) is 0 Å². The number of rotatable bonds is 3. The lowest BCUT2D eigenvalue weighted by Gasteiger charge is -2.15. The van der Waals surface area contributed by atoms with E-state index in [1.807, 2.05) is 6.20 Å². The van der Waals surface area contributed by atoms with Crippen molar-refractivity contribution in [3.63, 3.8) is 0 Å². The molecule has 1 aliphatic rings. The number of hydroxylamine groups is 1. The molecule has 0 aliphatic carbocycles.